The van der Waals surface area contributed by atoms with Crippen molar-refractivity contribution in [3.05, 3.63) is 64.7 Å². The average Bonchev–Trinajstić information content (AvgIpc) is 2.33. The summed E-state index contributed by atoms with van der Waals surface area (Å²) in [6, 6.07) is 12.0. The average molecular weight is 226 g/mol. The first-order valence-corrected chi connectivity index (χ1v) is 5.49. The highest BCUT2D eigenvalue weighted by molar-refractivity contribution is 6.10. The summed E-state index contributed by atoms with van der Waals surface area (Å²) >= 11 is 0. The maximum Gasteiger partial charge on any atom is 0.193 e. The Morgan fingerprint density at radius 3 is 2.29 bits per heavy atom. The number of aryl methyl sites for hydroxylation is 1. The monoisotopic (exact) mass is 226 g/mol. The van der Waals surface area contributed by atoms with Crippen LogP contribution >= 0.6 is 0 Å². The molecule has 2 aromatic carbocycles. The molecule has 17 heavy (non-hydrogen) atoms. The first-order chi connectivity index (χ1) is 8.09. The smallest absolute Gasteiger partial charge is 0.193 e. The number of benzene rings is 2. The number of aromatic hydroxyl groups is 1. The summed E-state index contributed by atoms with van der Waals surface area (Å²) in [5, 5.41) is 9.20. The molecule has 0 spiro atoms. The molecular formula is C15H14O2. The molecule has 0 amide bonds. The van der Waals surface area contributed by atoms with Crippen molar-refractivity contribution in [1.82, 2.24) is 0 Å². The number of phenols is 1. The second-order valence-electron chi connectivity index (χ2n) is 4.12. The maximum absolute atomic E-state index is 12.2. The second kappa shape index (κ2) is 4.42. The number of carbonyl (C=O) groups excluding carboxylic acids is 1. The van der Waals surface area contributed by atoms with Gasteiger partial charge in [-0.25, -0.2) is 0 Å². The van der Waals surface area contributed by atoms with Crippen LogP contribution in [0.25, 0.3) is 0 Å². The van der Waals surface area contributed by atoms with Gasteiger partial charge in [-0.15, -0.1) is 0 Å². The van der Waals surface area contributed by atoms with E-state index in [1.54, 1.807) is 12.1 Å². The number of rotatable bonds is 2. The molecule has 2 heteroatoms. The van der Waals surface area contributed by atoms with Gasteiger partial charge >= 0.3 is 0 Å². The minimum absolute atomic E-state index is 0.00815. The summed E-state index contributed by atoms with van der Waals surface area (Å²) < 4.78 is 0. The fourth-order valence-corrected chi connectivity index (χ4v) is 1.77. The quantitative estimate of drug-likeness (QED) is 0.798. The predicted molar refractivity (Wildman–Crippen MR) is 67.5 cm³/mol. The summed E-state index contributed by atoms with van der Waals surface area (Å²) in [7, 11) is 0. The summed E-state index contributed by atoms with van der Waals surface area (Å²) in [6.45, 7) is 3.94. The molecule has 0 bridgehead atoms. The molecule has 0 saturated heterocycles. The van der Waals surface area contributed by atoms with Crippen molar-refractivity contribution in [2.45, 2.75) is 13.8 Å². The molecule has 0 fully saturated rings. The number of hydrogen-bond acceptors (Lipinski definition) is 2. The van der Waals surface area contributed by atoms with Crippen molar-refractivity contribution in [2.24, 2.45) is 0 Å². The summed E-state index contributed by atoms with van der Waals surface area (Å²) in [4.78, 5) is 12.2. The van der Waals surface area contributed by atoms with Crippen LogP contribution in [0.5, 0.6) is 5.75 Å². The molecule has 0 heterocycles. The Bertz CT molecular complexity index is 554. The Morgan fingerprint density at radius 1 is 1.00 bits per heavy atom. The maximum atomic E-state index is 12.2. The highest BCUT2D eigenvalue weighted by Crippen LogP contribution is 2.18. The Balaban J connectivity index is 2.44. The molecule has 2 aromatic rings. The first kappa shape index (κ1) is 11.4. The summed E-state index contributed by atoms with van der Waals surface area (Å²) in [5.74, 6) is 0.161. The van der Waals surface area contributed by atoms with Gasteiger partial charge in [-0.2, -0.15) is 0 Å². The third kappa shape index (κ3) is 2.21. The Labute approximate surface area is 101 Å². The van der Waals surface area contributed by atoms with Crippen molar-refractivity contribution in [1.29, 1.82) is 0 Å². The molecule has 0 aliphatic rings. The van der Waals surface area contributed by atoms with Crippen LogP contribution < -0.4 is 0 Å². The van der Waals surface area contributed by atoms with E-state index in [2.05, 4.69) is 0 Å². The Hall–Kier alpha value is -2.09. The van der Waals surface area contributed by atoms with E-state index in [1.807, 2.05) is 32.0 Å². The molecule has 2 rings (SSSR count). The molecule has 0 unspecified atom stereocenters. The molecule has 0 aliphatic carbocycles. The lowest BCUT2D eigenvalue weighted by Gasteiger charge is -2.07. The van der Waals surface area contributed by atoms with E-state index in [9.17, 15) is 9.90 Å². The lowest BCUT2D eigenvalue weighted by Crippen LogP contribution is -2.04. The number of carbonyl (C=O) groups is 1. The summed E-state index contributed by atoms with van der Waals surface area (Å²) in [6.07, 6.45) is 0. The third-order valence-electron chi connectivity index (χ3n) is 2.98. The number of phenolic OH excluding ortho intramolecular Hbond substituents is 1. The fraction of sp³-hybridized carbons (Fsp3) is 0.133. The van der Waals surface area contributed by atoms with E-state index >= 15 is 0 Å². The lowest BCUT2D eigenvalue weighted by molar-refractivity contribution is 0.103. The minimum atomic E-state index is -0.00815. The normalized spacial score (nSPS) is 10.2. The van der Waals surface area contributed by atoms with Crippen LogP contribution in [0, 0.1) is 13.8 Å². The van der Waals surface area contributed by atoms with Gasteiger partial charge in [-0.1, -0.05) is 18.2 Å². The van der Waals surface area contributed by atoms with E-state index in [1.165, 1.54) is 12.1 Å². The molecular weight excluding hydrogens is 212 g/mol. The standard InChI is InChI=1S/C15H14O2/c1-10-4-3-5-14(11(10)2)15(17)12-6-8-13(16)9-7-12/h3-9,16H,1-2H3. The predicted octanol–water partition coefficient (Wildman–Crippen LogP) is 3.24. The zero-order valence-electron chi connectivity index (χ0n) is 9.90. The van der Waals surface area contributed by atoms with Crippen molar-refractivity contribution >= 4 is 5.78 Å². The highest BCUT2D eigenvalue weighted by Gasteiger charge is 2.12. The van der Waals surface area contributed by atoms with Gasteiger partial charge in [0.25, 0.3) is 0 Å². The first-order valence-electron chi connectivity index (χ1n) is 5.49. The van der Waals surface area contributed by atoms with E-state index in [4.69, 9.17) is 0 Å². The number of hydrogen-bond donors (Lipinski definition) is 1. The van der Waals surface area contributed by atoms with Gasteiger partial charge in [0.15, 0.2) is 5.78 Å². The molecule has 2 nitrogen and oxygen atoms in total. The Morgan fingerprint density at radius 2 is 1.65 bits per heavy atom. The van der Waals surface area contributed by atoms with Crippen LogP contribution in [0.2, 0.25) is 0 Å². The van der Waals surface area contributed by atoms with Gasteiger partial charge in [0.2, 0.25) is 0 Å². The summed E-state index contributed by atoms with van der Waals surface area (Å²) in [5.41, 5.74) is 3.42. The van der Waals surface area contributed by atoms with Gasteiger partial charge in [0, 0.05) is 11.1 Å². The van der Waals surface area contributed by atoms with Crippen molar-refractivity contribution in [3.8, 4) is 5.75 Å². The molecule has 0 atom stereocenters. The second-order valence-corrected chi connectivity index (χ2v) is 4.12. The largest absolute Gasteiger partial charge is 0.508 e. The van der Waals surface area contributed by atoms with Crippen molar-refractivity contribution < 1.29 is 9.90 Å². The number of ketones is 1. The van der Waals surface area contributed by atoms with Crippen molar-refractivity contribution in [2.75, 3.05) is 0 Å². The van der Waals surface area contributed by atoms with Crippen LogP contribution in [0.15, 0.2) is 42.5 Å². The van der Waals surface area contributed by atoms with Crippen LogP contribution in [0.4, 0.5) is 0 Å². The molecule has 86 valence electrons. The molecule has 1 N–H and O–H groups in total. The van der Waals surface area contributed by atoms with E-state index < -0.39 is 0 Å². The van der Waals surface area contributed by atoms with Crippen LogP contribution in [0.3, 0.4) is 0 Å². The van der Waals surface area contributed by atoms with Gasteiger partial charge in [0.1, 0.15) is 5.75 Å². The van der Waals surface area contributed by atoms with Crippen LogP contribution in [0.1, 0.15) is 27.0 Å². The topological polar surface area (TPSA) is 37.3 Å². The lowest BCUT2D eigenvalue weighted by atomic mass is 9.96. The zero-order valence-corrected chi connectivity index (χ0v) is 9.90. The third-order valence-corrected chi connectivity index (χ3v) is 2.98. The minimum Gasteiger partial charge on any atom is -0.508 e. The van der Waals surface area contributed by atoms with E-state index in [-0.39, 0.29) is 11.5 Å². The van der Waals surface area contributed by atoms with Crippen molar-refractivity contribution in [3.63, 3.8) is 0 Å². The van der Waals surface area contributed by atoms with Gasteiger partial charge in [0.05, 0.1) is 0 Å². The van der Waals surface area contributed by atoms with E-state index in [0.717, 1.165) is 16.7 Å². The van der Waals surface area contributed by atoms with Gasteiger partial charge < -0.3 is 5.11 Å². The zero-order chi connectivity index (χ0) is 12.4. The molecule has 0 aromatic heterocycles. The SMILES string of the molecule is Cc1cccc(C(=O)c2ccc(O)cc2)c1C. The fourth-order valence-electron chi connectivity index (χ4n) is 1.77. The molecule has 0 radical (unpaired) electrons. The van der Waals surface area contributed by atoms with Crippen LogP contribution in [-0.4, -0.2) is 10.9 Å². The Kier molecular flexibility index (Phi) is 2.96. The van der Waals surface area contributed by atoms with Gasteiger partial charge in [-0.3, -0.25) is 4.79 Å². The van der Waals surface area contributed by atoms with Crippen LogP contribution in [-0.2, 0) is 0 Å². The molecule has 0 saturated carbocycles. The van der Waals surface area contributed by atoms with E-state index in [0.29, 0.717) is 5.56 Å². The van der Waals surface area contributed by atoms with Gasteiger partial charge in [-0.05, 0) is 49.2 Å². The molecule has 0 aliphatic heterocycles. The highest BCUT2D eigenvalue weighted by atomic mass is 16.3.